The fourth-order valence-corrected chi connectivity index (χ4v) is 3.97. The van der Waals surface area contributed by atoms with Gasteiger partial charge in [-0.05, 0) is 38.0 Å². The van der Waals surface area contributed by atoms with Crippen molar-refractivity contribution in [2.45, 2.75) is 25.0 Å². The Balaban J connectivity index is 2.00. The van der Waals surface area contributed by atoms with E-state index in [-0.39, 0.29) is 17.2 Å². The lowest BCUT2D eigenvalue weighted by atomic mass is 10.1. The van der Waals surface area contributed by atoms with Gasteiger partial charge in [-0.2, -0.15) is 11.8 Å². The zero-order valence-electron chi connectivity index (χ0n) is 17.1. The van der Waals surface area contributed by atoms with Crippen molar-refractivity contribution in [3.8, 4) is 5.75 Å². The molecule has 0 radical (unpaired) electrons. The number of ether oxygens (including phenoxy) is 1. The maximum absolute atomic E-state index is 12.0. The minimum atomic E-state index is 0.00935. The summed E-state index contributed by atoms with van der Waals surface area (Å²) in [7, 11) is 5.19. The van der Waals surface area contributed by atoms with Gasteiger partial charge >= 0.3 is 0 Å². The lowest BCUT2D eigenvalue weighted by molar-refractivity contribution is -0.127. The molecule has 1 saturated heterocycles. The SMILES string of the molecule is COc1ccc(CCNC(=NCC(=O)N(C)C)N2CCSC(C)(C)C2)cc1. The molecule has 0 bridgehead atoms. The molecular formula is C20H32N4O2S. The van der Waals surface area contributed by atoms with Crippen LogP contribution in [0.25, 0.3) is 0 Å². The average Bonchev–Trinajstić information content (AvgIpc) is 2.63. The van der Waals surface area contributed by atoms with Crippen molar-refractivity contribution in [3.63, 3.8) is 0 Å². The number of carbonyl (C=O) groups is 1. The summed E-state index contributed by atoms with van der Waals surface area (Å²) in [5.41, 5.74) is 1.24. The normalized spacial score (nSPS) is 16.8. The summed E-state index contributed by atoms with van der Waals surface area (Å²) in [6.07, 6.45) is 0.886. The van der Waals surface area contributed by atoms with E-state index in [0.717, 1.165) is 43.5 Å². The Morgan fingerprint density at radius 2 is 2.04 bits per heavy atom. The van der Waals surface area contributed by atoms with E-state index in [1.54, 1.807) is 26.1 Å². The standard InChI is InChI=1S/C20H32N4O2S/c1-20(2)15-24(12-13-27-20)19(22-14-18(25)23(3)4)21-11-10-16-6-8-17(26-5)9-7-16/h6-9H,10-15H2,1-5H3,(H,21,22). The number of carbonyl (C=O) groups excluding carboxylic acids is 1. The first-order chi connectivity index (χ1) is 12.8. The van der Waals surface area contributed by atoms with E-state index in [0.29, 0.717) is 0 Å². The molecule has 1 amide bonds. The number of benzene rings is 1. The molecule has 6 nitrogen and oxygen atoms in total. The number of nitrogens with zero attached hydrogens (tertiary/aromatic N) is 3. The summed E-state index contributed by atoms with van der Waals surface area (Å²) in [6, 6.07) is 8.11. The first-order valence-corrected chi connectivity index (χ1v) is 10.3. The van der Waals surface area contributed by atoms with Crippen LogP contribution in [0.5, 0.6) is 5.75 Å². The Bertz CT molecular complexity index is 644. The van der Waals surface area contributed by atoms with Crippen LogP contribution in [-0.2, 0) is 11.2 Å². The van der Waals surface area contributed by atoms with Crippen molar-refractivity contribution in [2.75, 3.05) is 53.1 Å². The molecule has 1 aliphatic rings. The van der Waals surface area contributed by atoms with Gasteiger partial charge in [-0.1, -0.05) is 12.1 Å². The van der Waals surface area contributed by atoms with Crippen molar-refractivity contribution >= 4 is 23.6 Å². The molecule has 0 atom stereocenters. The monoisotopic (exact) mass is 392 g/mol. The fraction of sp³-hybridized carbons (Fsp3) is 0.600. The first kappa shape index (κ1) is 21.4. The van der Waals surface area contributed by atoms with Crippen molar-refractivity contribution in [2.24, 2.45) is 4.99 Å². The quantitative estimate of drug-likeness (QED) is 0.594. The zero-order chi connectivity index (χ0) is 19.9. The third kappa shape index (κ3) is 6.97. The number of thioether (sulfide) groups is 1. The number of hydrogen-bond donors (Lipinski definition) is 1. The minimum absolute atomic E-state index is 0.00935. The van der Waals surface area contributed by atoms with Gasteiger partial charge in [0.15, 0.2) is 5.96 Å². The number of amides is 1. The predicted octanol–water partition coefficient (Wildman–Crippen LogP) is 2.10. The molecule has 7 heteroatoms. The molecule has 0 saturated carbocycles. The van der Waals surface area contributed by atoms with Crippen LogP contribution < -0.4 is 10.1 Å². The molecule has 1 N–H and O–H groups in total. The number of methoxy groups -OCH3 is 1. The van der Waals surface area contributed by atoms with E-state index >= 15 is 0 Å². The number of aliphatic imine (C=N–C) groups is 1. The van der Waals surface area contributed by atoms with Gasteiger partial charge in [0.2, 0.25) is 5.91 Å². The highest BCUT2D eigenvalue weighted by atomic mass is 32.2. The van der Waals surface area contributed by atoms with E-state index in [9.17, 15) is 4.79 Å². The number of guanidine groups is 1. The van der Waals surface area contributed by atoms with E-state index in [4.69, 9.17) is 4.74 Å². The highest BCUT2D eigenvalue weighted by molar-refractivity contribution is 8.00. The van der Waals surface area contributed by atoms with Crippen LogP contribution in [0.3, 0.4) is 0 Å². The van der Waals surface area contributed by atoms with Gasteiger partial charge in [0.1, 0.15) is 12.3 Å². The fourth-order valence-electron chi connectivity index (χ4n) is 2.86. The molecule has 1 aromatic rings. The number of nitrogens with one attached hydrogen (secondary N) is 1. The van der Waals surface area contributed by atoms with E-state index in [1.165, 1.54) is 5.56 Å². The van der Waals surface area contributed by atoms with Crippen molar-refractivity contribution in [1.82, 2.24) is 15.1 Å². The third-order valence-corrected chi connectivity index (χ3v) is 5.74. The number of rotatable bonds is 6. The van der Waals surface area contributed by atoms with E-state index in [1.807, 2.05) is 23.9 Å². The van der Waals surface area contributed by atoms with Crippen LogP contribution in [0.15, 0.2) is 29.3 Å². The van der Waals surface area contributed by atoms with Gasteiger partial charge < -0.3 is 19.9 Å². The molecule has 0 spiro atoms. The maximum atomic E-state index is 12.0. The predicted molar refractivity (Wildman–Crippen MR) is 114 cm³/mol. The lowest BCUT2D eigenvalue weighted by Gasteiger charge is -2.39. The van der Waals surface area contributed by atoms with Crippen LogP contribution in [0.2, 0.25) is 0 Å². The van der Waals surface area contributed by atoms with Gasteiger partial charge in [0.05, 0.1) is 7.11 Å². The third-order valence-electron chi connectivity index (χ3n) is 4.44. The van der Waals surface area contributed by atoms with E-state index in [2.05, 4.69) is 41.2 Å². The Hall–Kier alpha value is -1.89. The van der Waals surface area contributed by atoms with Crippen molar-refractivity contribution in [1.29, 1.82) is 0 Å². The molecule has 0 aliphatic carbocycles. The Morgan fingerprint density at radius 3 is 2.63 bits per heavy atom. The van der Waals surface area contributed by atoms with Crippen molar-refractivity contribution < 1.29 is 9.53 Å². The first-order valence-electron chi connectivity index (χ1n) is 9.31. The van der Waals surface area contributed by atoms with Crippen LogP contribution in [0.4, 0.5) is 0 Å². The van der Waals surface area contributed by atoms with Crippen LogP contribution in [-0.4, -0.2) is 79.6 Å². The molecule has 2 rings (SSSR count). The second-order valence-electron chi connectivity index (χ2n) is 7.48. The van der Waals surface area contributed by atoms with Gasteiger partial charge in [0.25, 0.3) is 0 Å². The summed E-state index contributed by atoms with van der Waals surface area (Å²) in [5, 5.41) is 3.46. The Morgan fingerprint density at radius 1 is 1.33 bits per heavy atom. The average molecular weight is 393 g/mol. The zero-order valence-corrected chi connectivity index (χ0v) is 17.9. The molecular weight excluding hydrogens is 360 g/mol. The van der Waals surface area contributed by atoms with E-state index < -0.39 is 0 Å². The van der Waals surface area contributed by atoms with Gasteiger partial charge in [-0.15, -0.1) is 0 Å². The minimum Gasteiger partial charge on any atom is -0.497 e. The van der Waals surface area contributed by atoms with Gasteiger partial charge in [-0.3, -0.25) is 4.79 Å². The lowest BCUT2D eigenvalue weighted by Crippen LogP contribution is -2.51. The van der Waals surface area contributed by atoms with Gasteiger partial charge in [-0.25, -0.2) is 4.99 Å². The summed E-state index contributed by atoms with van der Waals surface area (Å²) >= 11 is 1.98. The maximum Gasteiger partial charge on any atom is 0.243 e. The molecule has 1 heterocycles. The molecule has 150 valence electrons. The van der Waals surface area contributed by atoms with Gasteiger partial charge in [0, 0.05) is 44.2 Å². The van der Waals surface area contributed by atoms with Crippen LogP contribution in [0, 0.1) is 0 Å². The molecule has 27 heavy (non-hydrogen) atoms. The smallest absolute Gasteiger partial charge is 0.243 e. The highest BCUT2D eigenvalue weighted by Crippen LogP contribution is 2.29. The Labute approximate surface area is 167 Å². The molecule has 0 unspecified atom stereocenters. The topological polar surface area (TPSA) is 57.2 Å². The molecule has 1 aliphatic heterocycles. The number of hydrogen-bond acceptors (Lipinski definition) is 4. The largest absolute Gasteiger partial charge is 0.497 e. The second-order valence-corrected chi connectivity index (χ2v) is 9.28. The Kier molecular flexibility index (Phi) is 7.83. The van der Waals surface area contributed by atoms with Crippen LogP contribution in [0.1, 0.15) is 19.4 Å². The molecule has 1 fully saturated rings. The molecule has 1 aromatic carbocycles. The highest BCUT2D eigenvalue weighted by Gasteiger charge is 2.28. The summed E-state index contributed by atoms with van der Waals surface area (Å²) in [5.74, 6) is 2.76. The summed E-state index contributed by atoms with van der Waals surface area (Å²) in [4.78, 5) is 20.4. The van der Waals surface area contributed by atoms with Crippen molar-refractivity contribution in [3.05, 3.63) is 29.8 Å². The van der Waals surface area contributed by atoms with Crippen LogP contribution >= 0.6 is 11.8 Å². The molecule has 0 aromatic heterocycles. The summed E-state index contributed by atoms with van der Waals surface area (Å²) < 4.78 is 5.39. The number of likely N-dealkylation sites (N-methyl/N-ethyl adjacent to an activating group) is 1. The summed E-state index contributed by atoms with van der Waals surface area (Å²) in [6.45, 7) is 7.31. The second kappa shape index (κ2) is 9.88.